The number of rotatable bonds is 0. The zero-order chi connectivity index (χ0) is 11.7. The Morgan fingerprint density at radius 1 is 0.857 bits per heavy atom. The van der Waals surface area contributed by atoms with Crippen LogP contribution in [0.3, 0.4) is 0 Å². The molecule has 0 rings (SSSR count). The zero-order valence-corrected chi connectivity index (χ0v) is 12.2. The average molecular weight is 272 g/mol. The highest BCUT2D eigenvalue weighted by molar-refractivity contribution is 8.89. The van der Waals surface area contributed by atoms with E-state index in [1.54, 1.807) is 0 Å². The van der Waals surface area contributed by atoms with Gasteiger partial charge in [0, 0.05) is 35.3 Å². The first kappa shape index (κ1) is 16.9. The van der Waals surface area contributed by atoms with Crippen LogP contribution in [0.1, 0.15) is 0 Å². The van der Waals surface area contributed by atoms with Crippen molar-refractivity contribution < 1.29 is 5.11 Å². The maximum atomic E-state index is 7.00. The predicted octanol–water partition coefficient (Wildman–Crippen LogP) is 1.67. The molecule has 0 aliphatic carbocycles. The molecule has 0 aromatic carbocycles. The summed E-state index contributed by atoms with van der Waals surface area (Å²) in [7, 11) is 11.7. The van der Waals surface area contributed by atoms with Crippen molar-refractivity contribution in [1.29, 1.82) is 0 Å². The van der Waals surface area contributed by atoms with E-state index in [-0.39, 0.29) is 0 Å². The topological polar surface area (TPSA) is 26.7 Å². The molecule has 1 N–H and O–H groups in total. The van der Waals surface area contributed by atoms with E-state index in [0.29, 0.717) is 0 Å². The highest BCUT2D eigenvalue weighted by atomic mass is 33.1. The smallest absolute Gasteiger partial charge is 0.146 e. The van der Waals surface area contributed by atoms with Gasteiger partial charge in [-0.15, -0.1) is 0 Å². The molecular formula is C7H16N2OS4. The Hall–Kier alpha value is 0.440. The molecule has 0 aromatic rings. The molecule has 0 spiro atoms. The molecule has 14 heavy (non-hydrogen) atoms. The number of aliphatic hydroxyl groups is 1. The van der Waals surface area contributed by atoms with Crippen LogP contribution in [0, 0.1) is 0 Å². The minimum Gasteiger partial charge on any atom is -0.400 e. The molecule has 0 aromatic heterocycles. The standard InChI is InChI=1S/C6H12N2S4.CH4O/c1-7(2)5(9)11-12-6(10)8(3)4;1-2/h1-4H3;2H,1H3. The van der Waals surface area contributed by atoms with Gasteiger partial charge in [-0.2, -0.15) is 0 Å². The average Bonchev–Trinajstić information content (AvgIpc) is 2.16. The molecule has 0 amide bonds. The fraction of sp³-hybridized carbons (Fsp3) is 0.714. The second-order valence-electron chi connectivity index (χ2n) is 2.49. The maximum Gasteiger partial charge on any atom is 0.146 e. The Balaban J connectivity index is 0. The van der Waals surface area contributed by atoms with Crippen molar-refractivity contribution in [1.82, 2.24) is 9.80 Å². The summed E-state index contributed by atoms with van der Waals surface area (Å²) in [6.45, 7) is 0. The SMILES string of the molecule is CN(C)C(=S)SSC(=S)N(C)C.CO. The quantitative estimate of drug-likeness (QED) is 0.529. The van der Waals surface area contributed by atoms with Crippen molar-refractivity contribution in [2.45, 2.75) is 0 Å². The van der Waals surface area contributed by atoms with E-state index >= 15 is 0 Å². The molecule has 7 heteroatoms. The molecule has 0 heterocycles. The lowest BCUT2D eigenvalue weighted by atomic mass is 11.0. The second kappa shape index (κ2) is 9.97. The Kier molecular flexibility index (Phi) is 12.0. The van der Waals surface area contributed by atoms with E-state index in [1.807, 2.05) is 38.0 Å². The molecule has 0 aliphatic rings. The highest BCUT2D eigenvalue weighted by Crippen LogP contribution is 2.26. The van der Waals surface area contributed by atoms with Crippen molar-refractivity contribution in [3.63, 3.8) is 0 Å². The predicted molar refractivity (Wildman–Crippen MR) is 75.9 cm³/mol. The highest BCUT2D eigenvalue weighted by Gasteiger charge is 2.04. The molecule has 84 valence electrons. The van der Waals surface area contributed by atoms with Crippen LogP contribution >= 0.6 is 46.0 Å². The summed E-state index contributed by atoms with van der Waals surface area (Å²) in [4.78, 5) is 3.79. The van der Waals surface area contributed by atoms with E-state index in [9.17, 15) is 0 Å². The lowest BCUT2D eigenvalue weighted by Gasteiger charge is -2.15. The van der Waals surface area contributed by atoms with Crippen LogP contribution in [0.5, 0.6) is 0 Å². The molecule has 0 aliphatic heterocycles. The largest absolute Gasteiger partial charge is 0.400 e. The van der Waals surface area contributed by atoms with E-state index in [4.69, 9.17) is 29.5 Å². The van der Waals surface area contributed by atoms with Gasteiger partial charge in [0.05, 0.1) is 0 Å². The van der Waals surface area contributed by atoms with E-state index < -0.39 is 0 Å². The van der Waals surface area contributed by atoms with Crippen LogP contribution < -0.4 is 0 Å². The first-order valence-corrected chi connectivity index (χ1v) is 6.63. The van der Waals surface area contributed by atoms with E-state index in [2.05, 4.69) is 0 Å². The van der Waals surface area contributed by atoms with Crippen LogP contribution in [-0.2, 0) is 0 Å². The summed E-state index contributed by atoms with van der Waals surface area (Å²) in [6.07, 6.45) is 0. The molecule has 0 fully saturated rings. The molecule has 3 nitrogen and oxygen atoms in total. The monoisotopic (exact) mass is 272 g/mol. The molecule has 0 bridgehead atoms. The maximum absolute atomic E-state index is 7.00. The van der Waals surface area contributed by atoms with Crippen LogP contribution in [-0.4, -0.2) is 58.8 Å². The number of thiocarbonyl (C=S) groups is 2. The fourth-order valence-corrected chi connectivity index (χ4v) is 2.60. The van der Waals surface area contributed by atoms with Gasteiger partial charge in [-0.05, 0) is 21.6 Å². The van der Waals surface area contributed by atoms with Crippen molar-refractivity contribution in [3.05, 3.63) is 0 Å². The Bertz CT molecular complexity index is 165. The third-order valence-corrected chi connectivity index (χ3v) is 5.07. The number of hydrogen-bond acceptors (Lipinski definition) is 5. The minimum absolute atomic E-state index is 0.837. The van der Waals surface area contributed by atoms with Crippen LogP contribution in [0.25, 0.3) is 0 Å². The summed E-state index contributed by atoms with van der Waals surface area (Å²) >= 11 is 10.1. The van der Waals surface area contributed by atoms with E-state index in [0.717, 1.165) is 15.8 Å². The van der Waals surface area contributed by atoms with Crippen molar-refractivity contribution in [2.75, 3.05) is 35.3 Å². The summed E-state index contributed by atoms with van der Waals surface area (Å²) in [6, 6.07) is 0. The fourth-order valence-electron chi connectivity index (χ4n) is 0.220. The first-order valence-electron chi connectivity index (χ1n) is 3.67. The van der Waals surface area contributed by atoms with Gasteiger partial charge in [0.2, 0.25) is 0 Å². The van der Waals surface area contributed by atoms with Crippen LogP contribution in [0.4, 0.5) is 0 Å². The van der Waals surface area contributed by atoms with Gasteiger partial charge in [0.25, 0.3) is 0 Å². The van der Waals surface area contributed by atoms with Gasteiger partial charge in [-0.25, -0.2) is 0 Å². The van der Waals surface area contributed by atoms with Gasteiger partial charge in [-0.3, -0.25) is 0 Å². The van der Waals surface area contributed by atoms with Crippen molar-refractivity contribution in [2.24, 2.45) is 0 Å². The van der Waals surface area contributed by atoms with Gasteiger partial charge >= 0.3 is 0 Å². The normalized spacial score (nSPS) is 8.43. The van der Waals surface area contributed by atoms with Crippen LogP contribution in [0.2, 0.25) is 0 Å². The molecular weight excluding hydrogens is 256 g/mol. The van der Waals surface area contributed by atoms with Crippen molar-refractivity contribution >= 4 is 54.7 Å². The number of nitrogens with zero attached hydrogens (tertiary/aromatic N) is 2. The number of aliphatic hydroxyl groups excluding tert-OH is 1. The second-order valence-corrected chi connectivity index (χ2v) is 5.88. The number of hydrogen-bond donors (Lipinski definition) is 1. The molecule has 0 radical (unpaired) electrons. The van der Waals surface area contributed by atoms with Crippen molar-refractivity contribution in [3.8, 4) is 0 Å². The van der Waals surface area contributed by atoms with Gasteiger partial charge < -0.3 is 14.9 Å². The third kappa shape index (κ3) is 9.01. The van der Waals surface area contributed by atoms with Crippen LogP contribution in [0.15, 0.2) is 0 Å². The molecule has 0 atom stereocenters. The van der Waals surface area contributed by atoms with Gasteiger partial charge in [-0.1, -0.05) is 24.4 Å². The summed E-state index contributed by atoms with van der Waals surface area (Å²) in [5, 5.41) is 7.00. The summed E-state index contributed by atoms with van der Waals surface area (Å²) < 4.78 is 1.67. The zero-order valence-electron chi connectivity index (χ0n) is 8.97. The lowest BCUT2D eigenvalue weighted by molar-refractivity contribution is 0.399. The summed E-state index contributed by atoms with van der Waals surface area (Å²) in [5.41, 5.74) is 0. The molecule has 0 saturated carbocycles. The molecule has 0 unspecified atom stereocenters. The van der Waals surface area contributed by atoms with Gasteiger partial charge in [0.1, 0.15) is 8.64 Å². The Labute approximate surface area is 105 Å². The molecule has 0 saturated heterocycles. The minimum atomic E-state index is 0.837. The van der Waals surface area contributed by atoms with Gasteiger partial charge in [0.15, 0.2) is 0 Å². The lowest BCUT2D eigenvalue weighted by Crippen LogP contribution is -2.18. The Morgan fingerprint density at radius 3 is 1.21 bits per heavy atom. The van der Waals surface area contributed by atoms with E-state index in [1.165, 1.54) is 21.6 Å². The third-order valence-electron chi connectivity index (χ3n) is 0.915. The summed E-state index contributed by atoms with van der Waals surface area (Å²) in [5.74, 6) is 0. The first-order chi connectivity index (χ1) is 6.45. The Morgan fingerprint density at radius 2 is 1.07 bits per heavy atom.